The molecule has 0 bridgehead atoms. The summed E-state index contributed by atoms with van der Waals surface area (Å²) in [4.78, 5) is 2.59. The monoisotopic (exact) mass is 290 g/mol. The van der Waals surface area contributed by atoms with E-state index in [1.54, 1.807) is 7.11 Å². The van der Waals surface area contributed by atoms with Crippen molar-refractivity contribution in [3.8, 4) is 0 Å². The van der Waals surface area contributed by atoms with E-state index in [4.69, 9.17) is 4.74 Å². The van der Waals surface area contributed by atoms with Crippen molar-refractivity contribution in [2.24, 2.45) is 0 Å². The number of likely N-dealkylation sites (tertiary alicyclic amines) is 1. The molecule has 0 unspecified atom stereocenters. The van der Waals surface area contributed by atoms with Crippen molar-refractivity contribution in [3.05, 3.63) is 35.4 Å². The SMILES string of the molecule is COCc1ccccc1CNC1CCN(C(C)(C)C)CC1. The van der Waals surface area contributed by atoms with Crippen LogP contribution in [0, 0.1) is 0 Å². The standard InChI is InChI=1S/C18H30N2O/c1-18(2,3)20-11-9-17(10-12-20)19-13-15-7-5-6-8-16(15)14-21-4/h5-8,17,19H,9-14H2,1-4H3. The van der Waals surface area contributed by atoms with Crippen molar-refractivity contribution >= 4 is 0 Å². The number of nitrogens with one attached hydrogen (secondary N) is 1. The highest BCUT2D eigenvalue weighted by Crippen LogP contribution is 2.20. The Morgan fingerprint density at radius 2 is 1.76 bits per heavy atom. The van der Waals surface area contributed by atoms with Gasteiger partial charge in [-0.25, -0.2) is 0 Å². The molecular formula is C18H30N2O. The van der Waals surface area contributed by atoms with Crippen molar-refractivity contribution in [1.29, 1.82) is 0 Å². The average Bonchev–Trinajstić information content (AvgIpc) is 2.46. The Morgan fingerprint density at radius 1 is 1.14 bits per heavy atom. The highest BCUT2D eigenvalue weighted by molar-refractivity contribution is 5.26. The van der Waals surface area contributed by atoms with Gasteiger partial charge in [0.1, 0.15) is 0 Å². The summed E-state index contributed by atoms with van der Waals surface area (Å²) in [5.74, 6) is 0. The van der Waals surface area contributed by atoms with Crippen LogP contribution in [-0.4, -0.2) is 36.7 Å². The summed E-state index contributed by atoms with van der Waals surface area (Å²) in [6, 6.07) is 9.19. The Hall–Kier alpha value is -0.900. The number of hydrogen-bond acceptors (Lipinski definition) is 3. The average molecular weight is 290 g/mol. The minimum absolute atomic E-state index is 0.302. The first-order valence-corrected chi connectivity index (χ1v) is 8.05. The summed E-state index contributed by atoms with van der Waals surface area (Å²) < 4.78 is 5.28. The lowest BCUT2D eigenvalue weighted by Gasteiger charge is -2.41. The maximum atomic E-state index is 5.28. The van der Waals surface area contributed by atoms with Crippen LogP contribution in [0.25, 0.3) is 0 Å². The van der Waals surface area contributed by atoms with Crippen molar-refractivity contribution in [2.45, 2.75) is 58.3 Å². The van der Waals surface area contributed by atoms with Gasteiger partial charge in [-0.3, -0.25) is 4.90 Å². The zero-order chi connectivity index (χ0) is 15.3. The quantitative estimate of drug-likeness (QED) is 0.901. The lowest BCUT2D eigenvalue weighted by atomic mass is 9.97. The highest BCUT2D eigenvalue weighted by Gasteiger charge is 2.26. The summed E-state index contributed by atoms with van der Waals surface area (Å²) in [6.07, 6.45) is 2.48. The van der Waals surface area contributed by atoms with E-state index >= 15 is 0 Å². The molecule has 1 fully saturated rings. The normalized spacial score (nSPS) is 18.1. The Bertz CT molecular complexity index is 431. The van der Waals surface area contributed by atoms with E-state index < -0.39 is 0 Å². The van der Waals surface area contributed by atoms with Crippen LogP contribution >= 0.6 is 0 Å². The number of benzene rings is 1. The molecule has 1 saturated heterocycles. The van der Waals surface area contributed by atoms with Gasteiger partial charge in [0.05, 0.1) is 6.61 Å². The Kier molecular flexibility index (Phi) is 5.80. The summed E-state index contributed by atoms with van der Waals surface area (Å²) in [5.41, 5.74) is 2.95. The van der Waals surface area contributed by atoms with Gasteiger partial charge in [0.25, 0.3) is 0 Å². The molecule has 0 amide bonds. The van der Waals surface area contributed by atoms with E-state index in [0.29, 0.717) is 18.2 Å². The van der Waals surface area contributed by atoms with Crippen LogP contribution in [0.5, 0.6) is 0 Å². The van der Waals surface area contributed by atoms with Gasteiger partial charge in [-0.2, -0.15) is 0 Å². The number of methoxy groups -OCH3 is 1. The fourth-order valence-corrected chi connectivity index (χ4v) is 3.03. The first-order valence-electron chi connectivity index (χ1n) is 8.05. The molecule has 3 heteroatoms. The second-order valence-electron chi connectivity index (χ2n) is 7.01. The second kappa shape index (κ2) is 7.39. The van der Waals surface area contributed by atoms with Gasteiger partial charge in [0.15, 0.2) is 0 Å². The van der Waals surface area contributed by atoms with Crippen molar-refractivity contribution < 1.29 is 4.74 Å². The molecule has 3 nitrogen and oxygen atoms in total. The van der Waals surface area contributed by atoms with E-state index in [-0.39, 0.29) is 0 Å². The number of rotatable bonds is 5. The van der Waals surface area contributed by atoms with Crippen LogP contribution in [0.4, 0.5) is 0 Å². The molecule has 21 heavy (non-hydrogen) atoms. The van der Waals surface area contributed by atoms with Crippen molar-refractivity contribution in [1.82, 2.24) is 10.2 Å². The molecule has 0 saturated carbocycles. The van der Waals surface area contributed by atoms with Crippen LogP contribution in [-0.2, 0) is 17.9 Å². The second-order valence-corrected chi connectivity index (χ2v) is 7.01. The number of piperidine rings is 1. The third kappa shape index (κ3) is 4.80. The third-order valence-electron chi connectivity index (χ3n) is 4.44. The summed E-state index contributed by atoms with van der Waals surface area (Å²) >= 11 is 0. The molecule has 1 aliphatic rings. The van der Waals surface area contributed by atoms with Crippen LogP contribution in [0.3, 0.4) is 0 Å². The van der Waals surface area contributed by atoms with Gasteiger partial charge in [0, 0.05) is 38.3 Å². The first-order chi connectivity index (χ1) is 10.0. The minimum atomic E-state index is 0.302. The Balaban J connectivity index is 1.82. The molecule has 0 radical (unpaired) electrons. The lowest BCUT2D eigenvalue weighted by Crippen LogP contribution is -2.49. The molecule has 118 valence electrons. The molecule has 2 rings (SSSR count). The van der Waals surface area contributed by atoms with E-state index in [1.165, 1.54) is 37.1 Å². The van der Waals surface area contributed by atoms with Gasteiger partial charge in [0.2, 0.25) is 0 Å². The van der Waals surface area contributed by atoms with E-state index in [0.717, 1.165) is 6.54 Å². The predicted octanol–water partition coefficient (Wildman–Crippen LogP) is 3.19. The van der Waals surface area contributed by atoms with Gasteiger partial charge in [-0.1, -0.05) is 24.3 Å². The van der Waals surface area contributed by atoms with E-state index in [1.807, 2.05) is 0 Å². The number of nitrogens with zero attached hydrogens (tertiary/aromatic N) is 1. The van der Waals surface area contributed by atoms with Crippen LogP contribution in [0.1, 0.15) is 44.7 Å². The third-order valence-corrected chi connectivity index (χ3v) is 4.44. The maximum Gasteiger partial charge on any atom is 0.0716 e. The number of ether oxygens (including phenoxy) is 1. The summed E-state index contributed by atoms with van der Waals surface area (Å²) in [6.45, 7) is 11.0. The first kappa shape index (κ1) is 16.5. The molecule has 0 aromatic heterocycles. The van der Waals surface area contributed by atoms with Gasteiger partial charge in [-0.05, 0) is 44.7 Å². The smallest absolute Gasteiger partial charge is 0.0716 e. The molecule has 1 N–H and O–H groups in total. The number of hydrogen-bond donors (Lipinski definition) is 1. The van der Waals surface area contributed by atoms with Crippen molar-refractivity contribution in [3.63, 3.8) is 0 Å². The largest absolute Gasteiger partial charge is 0.380 e. The summed E-state index contributed by atoms with van der Waals surface area (Å²) in [5, 5.41) is 3.73. The van der Waals surface area contributed by atoms with Gasteiger partial charge in [-0.15, -0.1) is 0 Å². The zero-order valence-electron chi connectivity index (χ0n) is 14.0. The van der Waals surface area contributed by atoms with Crippen LogP contribution in [0.2, 0.25) is 0 Å². The van der Waals surface area contributed by atoms with E-state index in [9.17, 15) is 0 Å². The van der Waals surface area contributed by atoms with Crippen LogP contribution < -0.4 is 5.32 Å². The molecule has 1 aliphatic heterocycles. The fourth-order valence-electron chi connectivity index (χ4n) is 3.03. The molecule has 1 aromatic carbocycles. The fraction of sp³-hybridized carbons (Fsp3) is 0.667. The predicted molar refractivity (Wildman–Crippen MR) is 88.3 cm³/mol. The zero-order valence-corrected chi connectivity index (χ0v) is 14.0. The lowest BCUT2D eigenvalue weighted by molar-refractivity contribution is 0.0959. The molecule has 0 atom stereocenters. The van der Waals surface area contributed by atoms with Crippen LogP contribution in [0.15, 0.2) is 24.3 Å². The summed E-state index contributed by atoms with van der Waals surface area (Å²) in [7, 11) is 1.76. The molecule has 0 aliphatic carbocycles. The maximum absolute atomic E-state index is 5.28. The highest BCUT2D eigenvalue weighted by atomic mass is 16.5. The Labute approximate surface area is 129 Å². The molecule has 1 heterocycles. The molecule has 0 spiro atoms. The topological polar surface area (TPSA) is 24.5 Å². The van der Waals surface area contributed by atoms with Gasteiger partial charge < -0.3 is 10.1 Å². The molecule has 1 aromatic rings. The minimum Gasteiger partial charge on any atom is -0.380 e. The van der Waals surface area contributed by atoms with Crippen molar-refractivity contribution in [2.75, 3.05) is 20.2 Å². The van der Waals surface area contributed by atoms with Gasteiger partial charge >= 0.3 is 0 Å². The Morgan fingerprint density at radius 3 is 2.33 bits per heavy atom. The molecular weight excluding hydrogens is 260 g/mol. The van der Waals surface area contributed by atoms with E-state index in [2.05, 4.69) is 55.3 Å².